The molecular formula is C15H24N4S. The minimum atomic E-state index is 0.479. The van der Waals surface area contributed by atoms with Gasteiger partial charge in [0.25, 0.3) is 0 Å². The maximum atomic E-state index is 4.72. The van der Waals surface area contributed by atoms with Crippen molar-refractivity contribution in [3.8, 4) is 0 Å². The van der Waals surface area contributed by atoms with Crippen molar-refractivity contribution >= 4 is 33.3 Å². The van der Waals surface area contributed by atoms with Gasteiger partial charge in [0, 0.05) is 24.5 Å². The van der Waals surface area contributed by atoms with Crippen LogP contribution in [-0.4, -0.2) is 29.6 Å². The van der Waals surface area contributed by atoms with Crippen LogP contribution in [0.1, 0.15) is 38.5 Å². The molecule has 20 heavy (non-hydrogen) atoms. The summed E-state index contributed by atoms with van der Waals surface area (Å²) in [6.45, 7) is 9.50. The second-order valence-electron chi connectivity index (χ2n) is 5.23. The van der Waals surface area contributed by atoms with Gasteiger partial charge in [-0.1, -0.05) is 13.3 Å². The summed E-state index contributed by atoms with van der Waals surface area (Å²) in [7, 11) is 2.13. The van der Waals surface area contributed by atoms with Gasteiger partial charge in [0.1, 0.15) is 10.6 Å². The van der Waals surface area contributed by atoms with E-state index in [0.717, 1.165) is 23.1 Å². The van der Waals surface area contributed by atoms with Gasteiger partial charge in [-0.3, -0.25) is 0 Å². The fraction of sp³-hybridized carbons (Fsp3) is 0.600. The molecule has 0 bridgehead atoms. The summed E-state index contributed by atoms with van der Waals surface area (Å²) >= 11 is 1.73. The van der Waals surface area contributed by atoms with E-state index in [9.17, 15) is 0 Å². The van der Waals surface area contributed by atoms with Gasteiger partial charge in [0.2, 0.25) is 5.95 Å². The summed E-state index contributed by atoms with van der Waals surface area (Å²) in [4.78, 5) is 13.9. The first-order valence-electron chi connectivity index (χ1n) is 7.31. The Kier molecular flexibility index (Phi) is 4.81. The average Bonchev–Trinajstić information content (AvgIpc) is 2.78. The number of nitrogens with zero attached hydrogens (tertiary/aromatic N) is 3. The Morgan fingerprint density at radius 2 is 2.10 bits per heavy atom. The van der Waals surface area contributed by atoms with E-state index in [1.165, 1.54) is 23.1 Å². The van der Waals surface area contributed by atoms with Crippen molar-refractivity contribution in [3.63, 3.8) is 0 Å². The molecule has 0 aromatic carbocycles. The van der Waals surface area contributed by atoms with Gasteiger partial charge < -0.3 is 10.2 Å². The maximum Gasteiger partial charge on any atom is 0.226 e. The van der Waals surface area contributed by atoms with E-state index in [1.807, 2.05) is 0 Å². The molecule has 2 rings (SSSR count). The molecule has 5 heteroatoms. The third-order valence-corrected chi connectivity index (χ3v) is 4.48. The molecule has 0 aliphatic rings. The summed E-state index contributed by atoms with van der Waals surface area (Å²) in [6, 6.07) is 2.67. The lowest BCUT2D eigenvalue weighted by atomic mass is 10.1. The summed E-state index contributed by atoms with van der Waals surface area (Å²) in [5.41, 5.74) is 0. The van der Waals surface area contributed by atoms with Crippen molar-refractivity contribution in [1.82, 2.24) is 9.97 Å². The lowest BCUT2D eigenvalue weighted by Gasteiger charge is -2.26. The molecule has 1 unspecified atom stereocenters. The number of fused-ring (bicyclic) bond motifs is 1. The number of hydrogen-bond acceptors (Lipinski definition) is 5. The molecule has 0 saturated heterocycles. The van der Waals surface area contributed by atoms with Crippen molar-refractivity contribution in [2.75, 3.05) is 23.8 Å². The van der Waals surface area contributed by atoms with Gasteiger partial charge in [0.15, 0.2) is 0 Å². The highest BCUT2D eigenvalue weighted by atomic mass is 32.1. The van der Waals surface area contributed by atoms with Crippen LogP contribution >= 0.6 is 11.3 Å². The molecule has 0 aliphatic heterocycles. The van der Waals surface area contributed by atoms with Gasteiger partial charge >= 0.3 is 0 Å². The van der Waals surface area contributed by atoms with Crippen LogP contribution in [0.5, 0.6) is 0 Å². The molecule has 0 fully saturated rings. The van der Waals surface area contributed by atoms with Crippen LogP contribution < -0.4 is 10.2 Å². The minimum Gasteiger partial charge on any atom is -0.356 e. The number of rotatable bonds is 6. The Morgan fingerprint density at radius 1 is 1.35 bits per heavy atom. The first-order valence-corrected chi connectivity index (χ1v) is 8.13. The molecule has 1 atom stereocenters. The average molecular weight is 292 g/mol. The van der Waals surface area contributed by atoms with Gasteiger partial charge in [-0.2, -0.15) is 4.98 Å². The molecule has 4 nitrogen and oxygen atoms in total. The van der Waals surface area contributed by atoms with Crippen LogP contribution in [0.4, 0.5) is 11.8 Å². The predicted molar refractivity (Wildman–Crippen MR) is 89.1 cm³/mol. The molecule has 0 radical (unpaired) electrons. The highest BCUT2D eigenvalue weighted by Crippen LogP contribution is 2.32. The van der Waals surface area contributed by atoms with Crippen molar-refractivity contribution in [1.29, 1.82) is 0 Å². The Morgan fingerprint density at radius 3 is 2.75 bits per heavy atom. The lowest BCUT2D eigenvalue weighted by Crippen LogP contribution is -2.29. The van der Waals surface area contributed by atoms with Crippen molar-refractivity contribution in [2.24, 2.45) is 0 Å². The topological polar surface area (TPSA) is 41.1 Å². The number of aryl methyl sites for hydroxylation is 1. The zero-order valence-electron chi connectivity index (χ0n) is 13.0. The van der Waals surface area contributed by atoms with Crippen molar-refractivity contribution in [2.45, 2.75) is 46.6 Å². The van der Waals surface area contributed by atoms with E-state index in [2.05, 4.69) is 56.0 Å². The standard InChI is InChI=1S/C15H24N4S/c1-6-8-10(3)19(5)13-12-9-11(4)20-14(12)18-15(17-13)16-7-2/h9-10H,6-8H2,1-5H3,(H,16,17,18). The van der Waals surface area contributed by atoms with Gasteiger partial charge in [-0.15, -0.1) is 11.3 Å². The minimum absolute atomic E-state index is 0.479. The zero-order chi connectivity index (χ0) is 14.7. The largest absolute Gasteiger partial charge is 0.356 e. The van der Waals surface area contributed by atoms with Crippen LogP contribution in [-0.2, 0) is 0 Å². The second-order valence-corrected chi connectivity index (χ2v) is 6.46. The van der Waals surface area contributed by atoms with Gasteiger partial charge in [-0.05, 0) is 33.3 Å². The van der Waals surface area contributed by atoms with Crippen molar-refractivity contribution in [3.05, 3.63) is 10.9 Å². The first-order chi connectivity index (χ1) is 9.56. The second kappa shape index (κ2) is 6.39. The number of hydrogen-bond donors (Lipinski definition) is 1. The third kappa shape index (κ3) is 3.03. The van der Waals surface area contributed by atoms with Crippen molar-refractivity contribution < 1.29 is 0 Å². The van der Waals surface area contributed by atoms with E-state index in [4.69, 9.17) is 4.98 Å². The molecular weight excluding hydrogens is 268 g/mol. The molecule has 110 valence electrons. The van der Waals surface area contributed by atoms with Crippen LogP contribution in [0.15, 0.2) is 6.07 Å². The fourth-order valence-corrected chi connectivity index (χ4v) is 3.23. The fourth-order valence-electron chi connectivity index (χ4n) is 2.35. The maximum absolute atomic E-state index is 4.72. The Labute approximate surface area is 125 Å². The zero-order valence-corrected chi connectivity index (χ0v) is 13.8. The Bertz CT molecular complexity index is 579. The summed E-state index contributed by atoms with van der Waals surface area (Å²) in [6.07, 6.45) is 2.35. The van der Waals surface area contributed by atoms with Gasteiger partial charge in [-0.25, -0.2) is 4.98 Å². The molecule has 0 amide bonds. The quantitative estimate of drug-likeness (QED) is 0.872. The number of anilines is 2. The van der Waals surface area contributed by atoms with Crippen LogP contribution in [0.3, 0.4) is 0 Å². The summed E-state index contributed by atoms with van der Waals surface area (Å²) in [5.74, 6) is 1.77. The van der Waals surface area contributed by atoms with E-state index in [0.29, 0.717) is 6.04 Å². The molecule has 0 aliphatic carbocycles. The summed E-state index contributed by atoms with van der Waals surface area (Å²) in [5, 5.41) is 4.40. The Hall–Kier alpha value is -1.36. The van der Waals surface area contributed by atoms with Gasteiger partial charge in [0.05, 0.1) is 5.39 Å². The number of nitrogens with one attached hydrogen (secondary N) is 1. The molecule has 1 N–H and O–H groups in total. The Balaban J connectivity index is 2.48. The third-order valence-electron chi connectivity index (χ3n) is 3.53. The molecule has 2 heterocycles. The number of aromatic nitrogens is 2. The van der Waals surface area contributed by atoms with Crippen LogP contribution in [0, 0.1) is 6.92 Å². The first kappa shape index (κ1) is 15.0. The molecule has 2 aromatic rings. The SMILES string of the molecule is CCCC(C)N(C)c1nc(NCC)nc2sc(C)cc12. The molecule has 0 saturated carbocycles. The van der Waals surface area contributed by atoms with E-state index < -0.39 is 0 Å². The normalized spacial score (nSPS) is 12.7. The smallest absolute Gasteiger partial charge is 0.226 e. The van der Waals surface area contributed by atoms with E-state index in [1.54, 1.807) is 11.3 Å². The highest BCUT2D eigenvalue weighted by molar-refractivity contribution is 7.18. The predicted octanol–water partition coefficient (Wildman–Crippen LogP) is 4.06. The van der Waals surface area contributed by atoms with E-state index in [-0.39, 0.29) is 0 Å². The molecule has 2 aromatic heterocycles. The molecule has 0 spiro atoms. The summed E-state index contributed by atoms with van der Waals surface area (Å²) < 4.78 is 0. The van der Waals surface area contributed by atoms with Crippen LogP contribution in [0.25, 0.3) is 10.2 Å². The monoisotopic (exact) mass is 292 g/mol. The van der Waals surface area contributed by atoms with Crippen LogP contribution in [0.2, 0.25) is 0 Å². The number of thiophene rings is 1. The van der Waals surface area contributed by atoms with E-state index >= 15 is 0 Å². The lowest BCUT2D eigenvalue weighted by molar-refractivity contribution is 0.612. The highest BCUT2D eigenvalue weighted by Gasteiger charge is 2.17.